The number of rotatable bonds is 4. The third kappa shape index (κ3) is 2.62. The van der Waals surface area contributed by atoms with Gasteiger partial charge in [0.1, 0.15) is 11.3 Å². The highest BCUT2D eigenvalue weighted by atomic mass is 16.3. The summed E-state index contributed by atoms with van der Waals surface area (Å²) in [5.41, 5.74) is 1.13. The summed E-state index contributed by atoms with van der Waals surface area (Å²) >= 11 is 0. The van der Waals surface area contributed by atoms with Gasteiger partial charge in [-0.1, -0.05) is 6.07 Å². The van der Waals surface area contributed by atoms with Crippen LogP contribution < -0.4 is 5.32 Å². The maximum Gasteiger partial charge on any atom is 0.271 e. The van der Waals surface area contributed by atoms with Gasteiger partial charge < -0.3 is 14.8 Å². The van der Waals surface area contributed by atoms with Crippen molar-refractivity contribution in [2.24, 2.45) is 0 Å². The Labute approximate surface area is 99.1 Å². The van der Waals surface area contributed by atoms with E-state index in [-0.39, 0.29) is 18.6 Å². The molecule has 17 heavy (non-hydrogen) atoms. The number of nitrogens with one attached hydrogen (secondary N) is 1. The Morgan fingerprint density at radius 3 is 3.12 bits per heavy atom. The second-order valence-electron chi connectivity index (χ2n) is 3.98. The first kappa shape index (κ1) is 11.6. The van der Waals surface area contributed by atoms with E-state index in [0.717, 1.165) is 5.65 Å². The number of imidazole rings is 1. The Hall–Kier alpha value is -1.88. The summed E-state index contributed by atoms with van der Waals surface area (Å²) in [7, 11) is 0. The molecule has 0 saturated carbocycles. The van der Waals surface area contributed by atoms with Crippen molar-refractivity contribution in [1.29, 1.82) is 0 Å². The summed E-state index contributed by atoms with van der Waals surface area (Å²) < 4.78 is 1.80. The molecule has 2 aromatic heterocycles. The average molecular weight is 233 g/mol. The Balaban J connectivity index is 2.13. The van der Waals surface area contributed by atoms with E-state index in [9.17, 15) is 4.79 Å². The number of aliphatic hydroxyl groups excluding tert-OH is 1. The fourth-order valence-corrected chi connectivity index (χ4v) is 1.61. The number of carbonyl (C=O) groups is 1. The summed E-state index contributed by atoms with van der Waals surface area (Å²) in [6.45, 7) is 1.91. The largest absolute Gasteiger partial charge is 0.396 e. The number of pyridine rings is 1. The van der Waals surface area contributed by atoms with Gasteiger partial charge in [-0.3, -0.25) is 4.79 Å². The van der Waals surface area contributed by atoms with Crippen molar-refractivity contribution in [2.45, 2.75) is 19.4 Å². The number of nitrogens with zero attached hydrogens (tertiary/aromatic N) is 2. The Morgan fingerprint density at radius 2 is 2.41 bits per heavy atom. The Morgan fingerprint density at radius 1 is 1.59 bits per heavy atom. The van der Waals surface area contributed by atoms with E-state index in [1.807, 2.05) is 31.3 Å². The summed E-state index contributed by atoms with van der Waals surface area (Å²) in [5, 5.41) is 11.5. The lowest BCUT2D eigenvalue weighted by molar-refractivity contribution is 0.0930. The van der Waals surface area contributed by atoms with Crippen LogP contribution >= 0.6 is 0 Å². The standard InChI is InChI=1S/C12H15N3O2/c1-9(5-7-16)13-12(17)10-8-15-6-3-2-4-11(15)14-10/h2-4,6,8-9,16H,5,7H2,1H3,(H,13,17). The van der Waals surface area contributed by atoms with Gasteiger partial charge in [0.2, 0.25) is 0 Å². The molecule has 0 bridgehead atoms. The van der Waals surface area contributed by atoms with Gasteiger partial charge in [0.05, 0.1) is 0 Å². The van der Waals surface area contributed by atoms with Crippen LogP contribution in [0, 0.1) is 0 Å². The molecular formula is C12H15N3O2. The third-order valence-electron chi connectivity index (χ3n) is 2.54. The smallest absolute Gasteiger partial charge is 0.271 e. The normalized spacial score (nSPS) is 12.6. The molecule has 0 aliphatic carbocycles. The molecule has 0 aliphatic rings. The van der Waals surface area contributed by atoms with Crippen LogP contribution in [0.25, 0.3) is 5.65 Å². The zero-order valence-electron chi connectivity index (χ0n) is 9.63. The number of carbonyl (C=O) groups excluding carboxylic acids is 1. The fraction of sp³-hybridized carbons (Fsp3) is 0.333. The van der Waals surface area contributed by atoms with Crippen molar-refractivity contribution in [3.63, 3.8) is 0 Å². The fourth-order valence-electron chi connectivity index (χ4n) is 1.61. The lowest BCUT2D eigenvalue weighted by Gasteiger charge is -2.10. The first-order valence-corrected chi connectivity index (χ1v) is 5.56. The van der Waals surface area contributed by atoms with Gasteiger partial charge in [-0.15, -0.1) is 0 Å². The van der Waals surface area contributed by atoms with Gasteiger partial charge in [0.15, 0.2) is 0 Å². The molecule has 90 valence electrons. The number of aliphatic hydroxyl groups is 1. The van der Waals surface area contributed by atoms with Gasteiger partial charge in [-0.05, 0) is 25.5 Å². The number of aromatic nitrogens is 2. The molecule has 1 unspecified atom stereocenters. The Kier molecular flexibility index (Phi) is 3.39. The molecule has 2 aromatic rings. The molecule has 5 heteroatoms. The zero-order valence-corrected chi connectivity index (χ0v) is 9.63. The predicted octanol–water partition coefficient (Wildman–Crippen LogP) is 0.835. The van der Waals surface area contributed by atoms with Crippen molar-refractivity contribution in [1.82, 2.24) is 14.7 Å². The van der Waals surface area contributed by atoms with Gasteiger partial charge in [0, 0.05) is 25.0 Å². The van der Waals surface area contributed by atoms with Crippen LogP contribution in [-0.4, -0.2) is 33.0 Å². The summed E-state index contributed by atoms with van der Waals surface area (Å²) in [4.78, 5) is 16.0. The SMILES string of the molecule is CC(CCO)NC(=O)c1cn2ccccc2n1. The van der Waals surface area contributed by atoms with Gasteiger partial charge in [0.25, 0.3) is 5.91 Å². The highest BCUT2D eigenvalue weighted by Crippen LogP contribution is 2.04. The van der Waals surface area contributed by atoms with Crippen LogP contribution in [0.1, 0.15) is 23.8 Å². The van der Waals surface area contributed by atoms with E-state index in [0.29, 0.717) is 12.1 Å². The van der Waals surface area contributed by atoms with E-state index in [1.54, 1.807) is 10.6 Å². The number of fused-ring (bicyclic) bond motifs is 1. The summed E-state index contributed by atoms with van der Waals surface area (Å²) in [6.07, 6.45) is 4.08. The molecule has 5 nitrogen and oxygen atoms in total. The van der Waals surface area contributed by atoms with E-state index >= 15 is 0 Å². The second-order valence-corrected chi connectivity index (χ2v) is 3.98. The first-order valence-electron chi connectivity index (χ1n) is 5.56. The lowest BCUT2D eigenvalue weighted by Crippen LogP contribution is -2.33. The highest BCUT2D eigenvalue weighted by molar-refractivity contribution is 5.93. The monoisotopic (exact) mass is 233 g/mol. The van der Waals surface area contributed by atoms with Crippen LogP contribution in [0.15, 0.2) is 30.6 Å². The average Bonchev–Trinajstić information content (AvgIpc) is 2.72. The minimum Gasteiger partial charge on any atom is -0.396 e. The highest BCUT2D eigenvalue weighted by Gasteiger charge is 2.12. The molecule has 0 aliphatic heterocycles. The maximum absolute atomic E-state index is 11.8. The van der Waals surface area contributed by atoms with E-state index < -0.39 is 0 Å². The van der Waals surface area contributed by atoms with Crippen LogP contribution in [-0.2, 0) is 0 Å². The molecule has 1 amide bonds. The maximum atomic E-state index is 11.8. The van der Waals surface area contributed by atoms with Crippen LogP contribution in [0.5, 0.6) is 0 Å². The number of amides is 1. The molecule has 2 heterocycles. The van der Waals surface area contributed by atoms with E-state index in [4.69, 9.17) is 5.11 Å². The van der Waals surface area contributed by atoms with Crippen molar-refractivity contribution in [3.8, 4) is 0 Å². The van der Waals surface area contributed by atoms with Crippen molar-refractivity contribution in [2.75, 3.05) is 6.61 Å². The van der Waals surface area contributed by atoms with Gasteiger partial charge >= 0.3 is 0 Å². The second kappa shape index (κ2) is 4.97. The Bertz CT molecular complexity index is 488. The predicted molar refractivity (Wildman–Crippen MR) is 63.8 cm³/mol. The summed E-state index contributed by atoms with van der Waals surface area (Å²) in [5.74, 6) is -0.213. The molecule has 0 radical (unpaired) electrons. The first-order chi connectivity index (χ1) is 8.20. The molecule has 2 N–H and O–H groups in total. The van der Waals surface area contributed by atoms with Crippen molar-refractivity contribution in [3.05, 3.63) is 36.3 Å². The number of hydrogen-bond acceptors (Lipinski definition) is 3. The molecule has 2 rings (SSSR count). The van der Waals surface area contributed by atoms with Gasteiger partial charge in [-0.2, -0.15) is 0 Å². The quantitative estimate of drug-likeness (QED) is 0.822. The number of hydrogen-bond donors (Lipinski definition) is 2. The van der Waals surface area contributed by atoms with Gasteiger partial charge in [-0.25, -0.2) is 4.98 Å². The molecule has 0 fully saturated rings. The lowest BCUT2D eigenvalue weighted by atomic mass is 10.2. The third-order valence-corrected chi connectivity index (χ3v) is 2.54. The molecule has 1 atom stereocenters. The van der Waals surface area contributed by atoms with Crippen LogP contribution in [0.3, 0.4) is 0 Å². The van der Waals surface area contributed by atoms with E-state index in [1.165, 1.54) is 0 Å². The minimum absolute atomic E-state index is 0.0580. The molecular weight excluding hydrogens is 218 g/mol. The molecule has 0 saturated heterocycles. The zero-order chi connectivity index (χ0) is 12.3. The van der Waals surface area contributed by atoms with Crippen LogP contribution in [0.2, 0.25) is 0 Å². The van der Waals surface area contributed by atoms with Crippen molar-refractivity contribution >= 4 is 11.6 Å². The van der Waals surface area contributed by atoms with Crippen LogP contribution in [0.4, 0.5) is 0 Å². The van der Waals surface area contributed by atoms with Crippen molar-refractivity contribution < 1.29 is 9.90 Å². The van der Waals surface area contributed by atoms with E-state index in [2.05, 4.69) is 10.3 Å². The molecule has 0 aromatic carbocycles. The minimum atomic E-state index is -0.213. The topological polar surface area (TPSA) is 66.6 Å². The summed E-state index contributed by atoms with van der Waals surface area (Å²) in [6, 6.07) is 5.54. The molecule has 0 spiro atoms.